The minimum Gasteiger partial charge on any atom is -0.347 e. The third-order valence-corrected chi connectivity index (χ3v) is 3.68. The van der Waals surface area contributed by atoms with Crippen molar-refractivity contribution in [1.82, 2.24) is 9.88 Å². The molecule has 0 bridgehead atoms. The van der Waals surface area contributed by atoms with Gasteiger partial charge in [0, 0.05) is 23.6 Å². The molecule has 0 amide bonds. The number of rotatable bonds is 9. The number of nitrogens with zero attached hydrogens (tertiary/aromatic N) is 1. The van der Waals surface area contributed by atoms with Gasteiger partial charge in [-0.25, -0.2) is 0 Å². The molecule has 0 saturated heterocycles. The molecule has 2 nitrogen and oxygen atoms in total. The highest BCUT2D eigenvalue weighted by molar-refractivity contribution is 5.84. The minimum absolute atomic E-state index is 1.06. The van der Waals surface area contributed by atoms with Gasteiger partial charge in [0.05, 0.1) is 0 Å². The van der Waals surface area contributed by atoms with Crippen LogP contribution in [-0.2, 0) is 13.0 Å². The zero-order valence-corrected chi connectivity index (χ0v) is 12.6. The Morgan fingerprint density at radius 1 is 1.25 bits per heavy atom. The molecule has 0 spiro atoms. The van der Waals surface area contributed by atoms with Crippen LogP contribution in [0.4, 0.5) is 0 Å². The van der Waals surface area contributed by atoms with E-state index in [2.05, 4.69) is 53.8 Å². The summed E-state index contributed by atoms with van der Waals surface area (Å²) in [7, 11) is 0. The van der Waals surface area contributed by atoms with Crippen molar-refractivity contribution in [3.05, 3.63) is 48.7 Å². The van der Waals surface area contributed by atoms with Crippen molar-refractivity contribution in [3.63, 3.8) is 0 Å². The molecule has 0 aliphatic heterocycles. The van der Waals surface area contributed by atoms with Crippen molar-refractivity contribution in [2.24, 2.45) is 0 Å². The van der Waals surface area contributed by atoms with Gasteiger partial charge in [-0.2, -0.15) is 0 Å². The number of fused-ring (bicyclic) bond motifs is 1. The van der Waals surface area contributed by atoms with Crippen LogP contribution in [0.15, 0.2) is 43.1 Å². The van der Waals surface area contributed by atoms with Crippen LogP contribution >= 0.6 is 0 Å². The minimum atomic E-state index is 1.06. The van der Waals surface area contributed by atoms with E-state index in [0.717, 1.165) is 38.9 Å². The Morgan fingerprint density at radius 2 is 2.10 bits per heavy atom. The second-order valence-electron chi connectivity index (χ2n) is 5.30. The van der Waals surface area contributed by atoms with Crippen molar-refractivity contribution < 1.29 is 0 Å². The van der Waals surface area contributed by atoms with E-state index in [4.69, 9.17) is 0 Å². The average Bonchev–Trinajstić information content (AvgIpc) is 2.83. The summed E-state index contributed by atoms with van der Waals surface area (Å²) in [4.78, 5) is 0. The Bertz CT molecular complexity index is 539. The number of nitrogens with one attached hydrogen (secondary N) is 1. The fourth-order valence-electron chi connectivity index (χ4n) is 2.64. The molecule has 0 fully saturated rings. The zero-order valence-electron chi connectivity index (χ0n) is 12.6. The fraction of sp³-hybridized carbons (Fsp3) is 0.444. The van der Waals surface area contributed by atoms with Gasteiger partial charge < -0.3 is 9.88 Å². The lowest BCUT2D eigenvalue weighted by Crippen LogP contribution is -2.17. The maximum Gasteiger partial charge on any atom is 0.0483 e. The molecule has 1 aromatic carbocycles. The maximum atomic E-state index is 3.80. The summed E-state index contributed by atoms with van der Waals surface area (Å²) in [5.74, 6) is 0. The smallest absolute Gasteiger partial charge is 0.0483 e. The molecule has 1 aromatic heterocycles. The van der Waals surface area contributed by atoms with E-state index in [-0.39, 0.29) is 0 Å². The number of hydrogen-bond donors (Lipinski definition) is 1. The molecule has 2 rings (SSSR count). The normalized spacial score (nSPS) is 11.1. The molecule has 1 N–H and O–H groups in total. The van der Waals surface area contributed by atoms with Gasteiger partial charge >= 0.3 is 0 Å². The van der Waals surface area contributed by atoms with Crippen LogP contribution in [0.25, 0.3) is 10.9 Å². The molecule has 0 aliphatic carbocycles. The van der Waals surface area contributed by atoms with Gasteiger partial charge in [0.2, 0.25) is 0 Å². The average molecular weight is 270 g/mol. The summed E-state index contributed by atoms with van der Waals surface area (Å²) in [5, 5.41) is 4.89. The monoisotopic (exact) mass is 270 g/mol. The molecule has 0 atom stereocenters. The van der Waals surface area contributed by atoms with E-state index in [1.807, 2.05) is 6.08 Å². The largest absolute Gasteiger partial charge is 0.347 e. The highest BCUT2D eigenvalue weighted by atomic mass is 15.0. The summed E-state index contributed by atoms with van der Waals surface area (Å²) in [5.41, 5.74) is 2.82. The predicted molar refractivity (Wildman–Crippen MR) is 88.2 cm³/mol. The predicted octanol–water partition coefficient (Wildman–Crippen LogP) is 4.15. The van der Waals surface area contributed by atoms with E-state index in [1.54, 1.807) is 0 Å². The van der Waals surface area contributed by atoms with Crippen LogP contribution in [0.2, 0.25) is 0 Å². The number of aryl methyl sites for hydroxylation is 1. The highest BCUT2D eigenvalue weighted by Crippen LogP contribution is 2.22. The van der Waals surface area contributed by atoms with Crippen molar-refractivity contribution in [2.75, 3.05) is 13.1 Å². The highest BCUT2D eigenvalue weighted by Gasteiger charge is 2.07. The molecule has 0 radical (unpaired) electrons. The molecule has 0 aliphatic rings. The molecule has 0 unspecified atom stereocenters. The van der Waals surface area contributed by atoms with E-state index < -0.39 is 0 Å². The van der Waals surface area contributed by atoms with Crippen LogP contribution in [0.3, 0.4) is 0 Å². The number of unbranched alkanes of at least 4 members (excludes halogenated alkanes) is 1. The SMILES string of the molecule is C=CCCCn1cc(CCNCCC)c2ccccc21. The summed E-state index contributed by atoms with van der Waals surface area (Å²) < 4.78 is 2.40. The first-order chi connectivity index (χ1) is 9.86. The van der Waals surface area contributed by atoms with E-state index in [9.17, 15) is 0 Å². The number of benzene rings is 1. The number of para-hydroxylation sites is 1. The quantitative estimate of drug-likeness (QED) is 0.535. The molecular formula is C18H26N2. The number of hydrogen-bond acceptors (Lipinski definition) is 1. The van der Waals surface area contributed by atoms with Crippen molar-refractivity contribution in [1.29, 1.82) is 0 Å². The van der Waals surface area contributed by atoms with Crippen molar-refractivity contribution >= 4 is 10.9 Å². The Morgan fingerprint density at radius 3 is 2.90 bits per heavy atom. The maximum absolute atomic E-state index is 3.80. The Hall–Kier alpha value is -1.54. The molecule has 1 heterocycles. The summed E-state index contributed by atoms with van der Waals surface area (Å²) in [6, 6.07) is 8.74. The lowest BCUT2D eigenvalue weighted by Gasteiger charge is -2.03. The second kappa shape index (κ2) is 7.91. The van der Waals surface area contributed by atoms with E-state index in [0.29, 0.717) is 0 Å². The second-order valence-corrected chi connectivity index (χ2v) is 5.30. The molecular weight excluding hydrogens is 244 g/mol. The summed E-state index contributed by atoms with van der Waals surface area (Å²) in [6.45, 7) is 9.26. The lowest BCUT2D eigenvalue weighted by molar-refractivity contribution is 0.658. The van der Waals surface area contributed by atoms with Crippen LogP contribution in [0.5, 0.6) is 0 Å². The summed E-state index contributed by atoms with van der Waals surface area (Å²) in [6.07, 6.45) is 8.89. The Labute approximate surface area is 122 Å². The fourth-order valence-corrected chi connectivity index (χ4v) is 2.64. The van der Waals surface area contributed by atoms with Gasteiger partial charge in [-0.3, -0.25) is 0 Å². The third kappa shape index (κ3) is 3.73. The molecule has 108 valence electrons. The molecule has 20 heavy (non-hydrogen) atoms. The summed E-state index contributed by atoms with van der Waals surface area (Å²) >= 11 is 0. The molecule has 2 heteroatoms. The van der Waals surface area contributed by atoms with Crippen LogP contribution in [-0.4, -0.2) is 17.7 Å². The first kappa shape index (κ1) is 14.9. The standard InChI is InChI=1S/C18H26N2/c1-3-5-8-14-20-15-16(11-13-19-12-4-2)17-9-6-7-10-18(17)20/h3,6-7,9-10,15,19H,1,4-5,8,11-14H2,2H3. The van der Waals surface area contributed by atoms with Gasteiger partial charge in [0.15, 0.2) is 0 Å². The van der Waals surface area contributed by atoms with Gasteiger partial charge in [-0.1, -0.05) is 31.2 Å². The number of allylic oxidation sites excluding steroid dienone is 1. The molecule has 0 saturated carbocycles. The van der Waals surface area contributed by atoms with Crippen molar-refractivity contribution in [3.8, 4) is 0 Å². The molecule has 2 aromatic rings. The first-order valence-corrected chi connectivity index (χ1v) is 7.75. The third-order valence-electron chi connectivity index (χ3n) is 3.68. The zero-order chi connectivity index (χ0) is 14.2. The Kier molecular flexibility index (Phi) is 5.87. The van der Waals surface area contributed by atoms with Crippen LogP contribution < -0.4 is 5.32 Å². The first-order valence-electron chi connectivity index (χ1n) is 7.75. The van der Waals surface area contributed by atoms with Crippen LogP contribution in [0.1, 0.15) is 31.7 Å². The van der Waals surface area contributed by atoms with Crippen LogP contribution in [0, 0.1) is 0 Å². The topological polar surface area (TPSA) is 17.0 Å². The van der Waals surface area contributed by atoms with Gasteiger partial charge in [-0.05, 0) is 50.4 Å². The van der Waals surface area contributed by atoms with Gasteiger partial charge in [0.1, 0.15) is 0 Å². The van der Waals surface area contributed by atoms with E-state index in [1.165, 1.54) is 22.9 Å². The van der Waals surface area contributed by atoms with Gasteiger partial charge in [-0.15, -0.1) is 6.58 Å². The number of aromatic nitrogens is 1. The van der Waals surface area contributed by atoms with Gasteiger partial charge in [0.25, 0.3) is 0 Å². The van der Waals surface area contributed by atoms with E-state index >= 15 is 0 Å². The van der Waals surface area contributed by atoms with Crippen molar-refractivity contribution in [2.45, 2.75) is 39.2 Å². The Balaban J connectivity index is 2.10. The lowest BCUT2D eigenvalue weighted by atomic mass is 10.1.